The van der Waals surface area contributed by atoms with E-state index in [1.54, 1.807) is 20.4 Å². The molecule has 1 N–H and O–H groups in total. The van der Waals surface area contributed by atoms with Crippen LogP contribution in [0.5, 0.6) is 17.2 Å². The van der Waals surface area contributed by atoms with Crippen LogP contribution in [0, 0.1) is 6.92 Å². The van der Waals surface area contributed by atoms with E-state index in [9.17, 15) is 0 Å². The Morgan fingerprint density at radius 2 is 1.92 bits per heavy atom. The summed E-state index contributed by atoms with van der Waals surface area (Å²) in [7, 11) is 3.31. The zero-order valence-electron chi connectivity index (χ0n) is 16.2. The number of aromatic nitrogens is 2. The molecular formula is C20H29N3O3. The number of hydrogen-bond donors (Lipinski definition) is 1. The Kier molecular flexibility index (Phi) is 7.99. The average molecular weight is 359 g/mol. The second kappa shape index (κ2) is 10.5. The van der Waals surface area contributed by atoms with Crippen molar-refractivity contribution in [3.63, 3.8) is 0 Å². The highest BCUT2D eigenvalue weighted by Gasteiger charge is 2.10. The first-order chi connectivity index (χ1) is 12.7. The highest BCUT2D eigenvalue weighted by molar-refractivity contribution is 5.49. The van der Waals surface area contributed by atoms with E-state index in [0.29, 0.717) is 12.4 Å². The molecular weight excluding hydrogens is 330 g/mol. The number of rotatable bonds is 11. The molecule has 2 aromatic rings. The monoisotopic (exact) mass is 359 g/mol. The SMILES string of the molecule is CCCCNc1nc(C)ncc1OCCCc1cccc(OC)c1OC. The zero-order chi connectivity index (χ0) is 18.8. The first kappa shape index (κ1) is 19.8. The molecule has 0 spiro atoms. The third-order valence-corrected chi connectivity index (χ3v) is 4.03. The van der Waals surface area contributed by atoms with Crippen LogP contribution in [0.1, 0.15) is 37.6 Å². The molecule has 6 heteroatoms. The summed E-state index contributed by atoms with van der Waals surface area (Å²) >= 11 is 0. The van der Waals surface area contributed by atoms with E-state index in [2.05, 4.69) is 22.2 Å². The van der Waals surface area contributed by atoms with Gasteiger partial charge in [0.05, 0.1) is 27.0 Å². The van der Waals surface area contributed by atoms with Gasteiger partial charge in [0.1, 0.15) is 5.82 Å². The van der Waals surface area contributed by atoms with E-state index >= 15 is 0 Å². The Morgan fingerprint density at radius 3 is 2.65 bits per heavy atom. The topological polar surface area (TPSA) is 65.5 Å². The lowest BCUT2D eigenvalue weighted by Gasteiger charge is -2.14. The second-order valence-corrected chi connectivity index (χ2v) is 6.02. The van der Waals surface area contributed by atoms with Crippen molar-refractivity contribution in [2.24, 2.45) is 0 Å². The summed E-state index contributed by atoms with van der Waals surface area (Å²) in [6.07, 6.45) is 5.66. The summed E-state index contributed by atoms with van der Waals surface area (Å²) in [4.78, 5) is 8.69. The third-order valence-electron chi connectivity index (χ3n) is 4.03. The van der Waals surface area contributed by atoms with Gasteiger partial charge in [0, 0.05) is 6.54 Å². The van der Waals surface area contributed by atoms with E-state index < -0.39 is 0 Å². The molecule has 0 radical (unpaired) electrons. The number of para-hydroxylation sites is 1. The van der Waals surface area contributed by atoms with Crippen LogP contribution in [-0.2, 0) is 6.42 Å². The minimum atomic E-state index is 0.579. The zero-order valence-corrected chi connectivity index (χ0v) is 16.2. The number of nitrogens with one attached hydrogen (secondary N) is 1. The van der Waals surface area contributed by atoms with Crippen LogP contribution < -0.4 is 19.5 Å². The number of hydrogen-bond acceptors (Lipinski definition) is 6. The van der Waals surface area contributed by atoms with Crippen molar-refractivity contribution >= 4 is 5.82 Å². The Labute approximate surface area is 155 Å². The first-order valence-corrected chi connectivity index (χ1v) is 9.09. The van der Waals surface area contributed by atoms with E-state index in [4.69, 9.17) is 14.2 Å². The molecule has 0 aliphatic rings. The standard InChI is InChI=1S/C20H29N3O3/c1-5-6-12-21-20-18(14-22-15(2)23-20)26-13-8-10-16-9-7-11-17(24-3)19(16)25-4/h7,9,11,14H,5-6,8,10,12-13H2,1-4H3,(H,21,22,23). The number of aryl methyl sites for hydroxylation is 2. The van der Waals surface area contributed by atoms with Gasteiger partial charge in [-0.1, -0.05) is 25.5 Å². The molecule has 0 atom stereocenters. The molecule has 0 aliphatic carbocycles. The van der Waals surface area contributed by atoms with Crippen LogP contribution in [0.2, 0.25) is 0 Å². The van der Waals surface area contributed by atoms with Crippen LogP contribution in [0.25, 0.3) is 0 Å². The minimum Gasteiger partial charge on any atom is -0.493 e. The maximum absolute atomic E-state index is 5.92. The van der Waals surface area contributed by atoms with Gasteiger partial charge >= 0.3 is 0 Å². The molecule has 26 heavy (non-hydrogen) atoms. The second-order valence-electron chi connectivity index (χ2n) is 6.02. The summed E-state index contributed by atoms with van der Waals surface area (Å²) in [6, 6.07) is 5.92. The number of anilines is 1. The summed E-state index contributed by atoms with van der Waals surface area (Å²) in [6.45, 7) is 5.50. The average Bonchev–Trinajstić information content (AvgIpc) is 2.66. The highest BCUT2D eigenvalue weighted by Crippen LogP contribution is 2.31. The fourth-order valence-corrected chi connectivity index (χ4v) is 2.67. The van der Waals surface area contributed by atoms with Gasteiger partial charge in [-0.05, 0) is 37.8 Å². The molecule has 0 saturated heterocycles. The number of benzene rings is 1. The molecule has 0 fully saturated rings. The summed E-state index contributed by atoms with van der Waals surface area (Å²) in [5.41, 5.74) is 1.11. The van der Waals surface area contributed by atoms with E-state index in [-0.39, 0.29) is 0 Å². The summed E-state index contributed by atoms with van der Waals surface area (Å²) < 4.78 is 16.7. The van der Waals surface area contributed by atoms with Crippen LogP contribution >= 0.6 is 0 Å². The van der Waals surface area contributed by atoms with E-state index in [1.165, 1.54) is 0 Å². The van der Waals surface area contributed by atoms with Crippen LogP contribution in [0.3, 0.4) is 0 Å². The molecule has 2 rings (SSSR count). The molecule has 0 bridgehead atoms. The number of unbranched alkanes of at least 4 members (excludes halogenated alkanes) is 1. The molecule has 0 unspecified atom stereocenters. The van der Waals surface area contributed by atoms with Crippen molar-refractivity contribution < 1.29 is 14.2 Å². The number of nitrogens with zero attached hydrogens (tertiary/aromatic N) is 2. The molecule has 142 valence electrons. The van der Waals surface area contributed by atoms with E-state index in [0.717, 1.165) is 60.9 Å². The Balaban J connectivity index is 1.92. The third kappa shape index (κ3) is 5.51. The molecule has 1 aromatic carbocycles. The van der Waals surface area contributed by atoms with Crippen LogP contribution in [-0.4, -0.2) is 37.3 Å². The van der Waals surface area contributed by atoms with Crippen molar-refractivity contribution in [3.05, 3.63) is 35.8 Å². The smallest absolute Gasteiger partial charge is 0.179 e. The van der Waals surface area contributed by atoms with Gasteiger partial charge < -0.3 is 19.5 Å². The maximum Gasteiger partial charge on any atom is 0.179 e. The van der Waals surface area contributed by atoms with Gasteiger partial charge in [0.25, 0.3) is 0 Å². The van der Waals surface area contributed by atoms with Crippen LogP contribution in [0.15, 0.2) is 24.4 Å². The Morgan fingerprint density at radius 1 is 1.08 bits per heavy atom. The highest BCUT2D eigenvalue weighted by atomic mass is 16.5. The van der Waals surface area contributed by atoms with Crippen molar-refractivity contribution in [1.29, 1.82) is 0 Å². The van der Waals surface area contributed by atoms with Gasteiger partial charge in [-0.3, -0.25) is 0 Å². The largest absolute Gasteiger partial charge is 0.493 e. The van der Waals surface area contributed by atoms with Gasteiger partial charge in [-0.15, -0.1) is 0 Å². The van der Waals surface area contributed by atoms with Crippen molar-refractivity contribution in [3.8, 4) is 17.2 Å². The lowest BCUT2D eigenvalue weighted by molar-refractivity contribution is 0.307. The predicted molar refractivity (Wildman–Crippen MR) is 104 cm³/mol. The molecule has 0 amide bonds. The molecule has 1 heterocycles. The summed E-state index contributed by atoms with van der Waals surface area (Å²) in [5.74, 6) is 3.74. The normalized spacial score (nSPS) is 10.5. The lowest BCUT2D eigenvalue weighted by atomic mass is 10.1. The van der Waals surface area contributed by atoms with Gasteiger partial charge in [0.2, 0.25) is 0 Å². The van der Waals surface area contributed by atoms with Crippen LogP contribution in [0.4, 0.5) is 5.82 Å². The predicted octanol–water partition coefficient (Wildman–Crippen LogP) is 4.03. The quantitative estimate of drug-likeness (QED) is 0.611. The first-order valence-electron chi connectivity index (χ1n) is 9.09. The summed E-state index contributed by atoms with van der Waals surface area (Å²) in [5, 5.41) is 3.33. The minimum absolute atomic E-state index is 0.579. The van der Waals surface area contributed by atoms with Gasteiger partial charge in [-0.25, -0.2) is 9.97 Å². The van der Waals surface area contributed by atoms with Crippen molar-refractivity contribution in [1.82, 2.24) is 9.97 Å². The fraction of sp³-hybridized carbons (Fsp3) is 0.500. The molecule has 0 aliphatic heterocycles. The fourth-order valence-electron chi connectivity index (χ4n) is 2.67. The lowest BCUT2D eigenvalue weighted by Crippen LogP contribution is -2.09. The molecule has 1 aromatic heterocycles. The van der Waals surface area contributed by atoms with E-state index in [1.807, 2.05) is 25.1 Å². The molecule has 0 saturated carbocycles. The number of ether oxygens (including phenoxy) is 3. The Bertz CT molecular complexity index is 692. The van der Waals surface area contributed by atoms with Gasteiger partial charge in [-0.2, -0.15) is 0 Å². The number of methoxy groups -OCH3 is 2. The maximum atomic E-state index is 5.92. The van der Waals surface area contributed by atoms with Crippen molar-refractivity contribution in [2.75, 3.05) is 32.7 Å². The molecule has 6 nitrogen and oxygen atoms in total. The van der Waals surface area contributed by atoms with Crippen molar-refractivity contribution in [2.45, 2.75) is 39.5 Å². The Hall–Kier alpha value is -2.50. The van der Waals surface area contributed by atoms with Gasteiger partial charge in [0.15, 0.2) is 23.1 Å².